The second kappa shape index (κ2) is 6.13. The molecule has 84 valence electrons. The number of thioether (sulfide) groups is 1. The minimum absolute atomic E-state index is 0.694. The molecule has 2 nitrogen and oxygen atoms in total. The fourth-order valence-corrected chi connectivity index (χ4v) is 2.23. The first-order valence-corrected chi connectivity index (χ1v) is 6.40. The zero-order chi connectivity index (χ0) is 11.3. The lowest BCUT2D eigenvalue weighted by atomic mass is 10.2. The van der Waals surface area contributed by atoms with Gasteiger partial charge in [0.05, 0.1) is 5.03 Å². The second-order valence-electron chi connectivity index (χ2n) is 4.21. The summed E-state index contributed by atoms with van der Waals surface area (Å²) in [5.41, 5.74) is 8.02. The molecule has 0 aliphatic carbocycles. The molecule has 0 fully saturated rings. The molecule has 0 aliphatic rings. The molecule has 0 atom stereocenters. The maximum Gasteiger partial charge on any atom is 0.0989 e. The fourth-order valence-electron chi connectivity index (χ4n) is 1.32. The van der Waals surface area contributed by atoms with Gasteiger partial charge in [0.25, 0.3) is 0 Å². The molecule has 0 saturated carbocycles. The molecule has 0 aliphatic heterocycles. The average Bonchev–Trinajstić information content (AvgIpc) is 2.17. The highest BCUT2D eigenvalue weighted by molar-refractivity contribution is 7.99. The fraction of sp³-hybridized carbons (Fsp3) is 0.583. The number of hydrogen-bond acceptors (Lipinski definition) is 3. The lowest BCUT2D eigenvalue weighted by molar-refractivity contribution is 0.749. The largest absolute Gasteiger partial charge is 0.330 e. The Labute approximate surface area is 96.7 Å². The van der Waals surface area contributed by atoms with Crippen molar-refractivity contribution in [3.63, 3.8) is 0 Å². The molecule has 1 aromatic heterocycles. The zero-order valence-electron chi connectivity index (χ0n) is 9.79. The van der Waals surface area contributed by atoms with Crippen LogP contribution in [0.15, 0.2) is 17.3 Å². The zero-order valence-corrected chi connectivity index (χ0v) is 10.6. The summed E-state index contributed by atoms with van der Waals surface area (Å²) in [6, 6.07) is 2.20. The van der Waals surface area contributed by atoms with Gasteiger partial charge in [-0.3, -0.25) is 0 Å². The highest BCUT2D eigenvalue weighted by Crippen LogP contribution is 2.22. The lowest BCUT2D eigenvalue weighted by Crippen LogP contribution is -2.03. The van der Waals surface area contributed by atoms with Crippen molar-refractivity contribution in [2.75, 3.05) is 12.3 Å². The minimum atomic E-state index is 0.694. The summed E-state index contributed by atoms with van der Waals surface area (Å²) < 4.78 is 0. The summed E-state index contributed by atoms with van der Waals surface area (Å²) in [7, 11) is 0. The molecule has 0 spiro atoms. The summed E-state index contributed by atoms with van der Waals surface area (Å²) in [5.74, 6) is 1.84. The summed E-state index contributed by atoms with van der Waals surface area (Å²) in [4.78, 5) is 4.48. The van der Waals surface area contributed by atoms with Crippen LogP contribution >= 0.6 is 11.8 Å². The van der Waals surface area contributed by atoms with Crippen molar-refractivity contribution in [3.05, 3.63) is 23.4 Å². The third kappa shape index (κ3) is 4.22. The Hall–Kier alpha value is -0.540. The van der Waals surface area contributed by atoms with Gasteiger partial charge in [-0.1, -0.05) is 19.9 Å². The Balaban J connectivity index is 2.66. The van der Waals surface area contributed by atoms with Crippen molar-refractivity contribution in [1.29, 1.82) is 0 Å². The van der Waals surface area contributed by atoms with E-state index in [2.05, 4.69) is 31.8 Å². The van der Waals surface area contributed by atoms with E-state index in [9.17, 15) is 0 Å². The summed E-state index contributed by atoms with van der Waals surface area (Å²) in [6.07, 6.45) is 2.87. The Morgan fingerprint density at radius 2 is 2.20 bits per heavy atom. The van der Waals surface area contributed by atoms with Crippen LogP contribution in [-0.2, 0) is 6.42 Å². The number of hydrogen-bond donors (Lipinski definition) is 1. The van der Waals surface area contributed by atoms with Gasteiger partial charge in [-0.25, -0.2) is 4.98 Å². The Kier molecular flexibility index (Phi) is 5.12. The van der Waals surface area contributed by atoms with Crippen LogP contribution in [0.25, 0.3) is 0 Å². The van der Waals surface area contributed by atoms with Gasteiger partial charge in [0.2, 0.25) is 0 Å². The van der Waals surface area contributed by atoms with E-state index in [1.807, 2.05) is 18.0 Å². The molecule has 1 rings (SSSR count). The van der Waals surface area contributed by atoms with Gasteiger partial charge in [0, 0.05) is 11.9 Å². The molecule has 3 heteroatoms. The van der Waals surface area contributed by atoms with Gasteiger partial charge in [-0.2, -0.15) is 0 Å². The molecule has 15 heavy (non-hydrogen) atoms. The quantitative estimate of drug-likeness (QED) is 0.781. The normalized spacial score (nSPS) is 11.0. The second-order valence-corrected chi connectivity index (χ2v) is 5.22. The first-order chi connectivity index (χ1) is 7.13. The summed E-state index contributed by atoms with van der Waals surface area (Å²) >= 11 is 1.84. The van der Waals surface area contributed by atoms with Crippen LogP contribution in [0.3, 0.4) is 0 Å². The van der Waals surface area contributed by atoms with Crippen molar-refractivity contribution in [1.82, 2.24) is 4.98 Å². The van der Waals surface area contributed by atoms with Crippen molar-refractivity contribution in [3.8, 4) is 0 Å². The van der Waals surface area contributed by atoms with Gasteiger partial charge in [0.1, 0.15) is 0 Å². The number of pyridine rings is 1. The Bertz CT molecular complexity index is 310. The number of rotatable bonds is 5. The van der Waals surface area contributed by atoms with Crippen LogP contribution in [0.1, 0.15) is 25.0 Å². The third-order valence-electron chi connectivity index (χ3n) is 2.07. The van der Waals surface area contributed by atoms with Crippen LogP contribution in [0.5, 0.6) is 0 Å². The van der Waals surface area contributed by atoms with Crippen LogP contribution in [0.4, 0.5) is 0 Å². The maximum atomic E-state index is 5.51. The topological polar surface area (TPSA) is 38.9 Å². The molecule has 0 saturated heterocycles. The number of aryl methyl sites for hydroxylation is 1. The lowest BCUT2D eigenvalue weighted by Gasteiger charge is -2.08. The first-order valence-electron chi connectivity index (χ1n) is 5.42. The minimum Gasteiger partial charge on any atom is -0.330 e. The first kappa shape index (κ1) is 12.5. The van der Waals surface area contributed by atoms with E-state index in [-0.39, 0.29) is 0 Å². The Morgan fingerprint density at radius 1 is 1.47 bits per heavy atom. The van der Waals surface area contributed by atoms with Crippen LogP contribution < -0.4 is 5.73 Å². The van der Waals surface area contributed by atoms with Crippen molar-refractivity contribution in [2.45, 2.75) is 32.2 Å². The van der Waals surface area contributed by atoms with E-state index in [0.717, 1.165) is 17.2 Å². The molecule has 0 radical (unpaired) electrons. The summed E-state index contributed by atoms with van der Waals surface area (Å²) in [5, 5.41) is 1.16. The SMILES string of the molecule is Cc1cc(CCN)cnc1SCC(C)C. The molecule has 0 aromatic carbocycles. The van der Waals surface area contributed by atoms with E-state index >= 15 is 0 Å². The Morgan fingerprint density at radius 3 is 2.73 bits per heavy atom. The smallest absolute Gasteiger partial charge is 0.0989 e. The molecular weight excluding hydrogens is 204 g/mol. The highest BCUT2D eigenvalue weighted by Gasteiger charge is 2.03. The van der Waals surface area contributed by atoms with Crippen molar-refractivity contribution >= 4 is 11.8 Å². The molecule has 0 bridgehead atoms. The van der Waals surface area contributed by atoms with Crippen LogP contribution in [0.2, 0.25) is 0 Å². The van der Waals surface area contributed by atoms with Crippen molar-refractivity contribution < 1.29 is 0 Å². The van der Waals surface area contributed by atoms with Crippen LogP contribution in [-0.4, -0.2) is 17.3 Å². The van der Waals surface area contributed by atoms with Gasteiger partial charge in [-0.15, -0.1) is 11.8 Å². The average molecular weight is 224 g/mol. The standard InChI is InChI=1S/C12H20N2S/c1-9(2)8-15-12-10(3)6-11(4-5-13)7-14-12/h6-7,9H,4-5,8,13H2,1-3H3. The highest BCUT2D eigenvalue weighted by atomic mass is 32.2. The van der Waals surface area contributed by atoms with Crippen molar-refractivity contribution in [2.24, 2.45) is 11.7 Å². The molecule has 0 unspecified atom stereocenters. The predicted octanol–water partition coefficient (Wildman–Crippen LogP) is 2.64. The van der Waals surface area contributed by atoms with E-state index in [4.69, 9.17) is 5.73 Å². The molecule has 1 heterocycles. The molecule has 0 amide bonds. The van der Waals surface area contributed by atoms with Crippen LogP contribution in [0, 0.1) is 12.8 Å². The van der Waals surface area contributed by atoms with E-state index in [1.165, 1.54) is 11.1 Å². The third-order valence-corrected chi connectivity index (χ3v) is 3.61. The number of nitrogens with zero attached hydrogens (tertiary/aromatic N) is 1. The van der Waals surface area contributed by atoms with Gasteiger partial charge >= 0.3 is 0 Å². The number of nitrogens with two attached hydrogens (primary N) is 1. The van der Waals surface area contributed by atoms with Gasteiger partial charge < -0.3 is 5.73 Å². The predicted molar refractivity (Wildman–Crippen MR) is 67.3 cm³/mol. The monoisotopic (exact) mass is 224 g/mol. The van der Waals surface area contributed by atoms with E-state index in [1.54, 1.807) is 0 Å². The summed E-state index contributed by atoms with van der Waals surface area (Å²) in [6.45, 7) is 7.27. The van der Waals surface area contributed by atoms with Gasteiger partial charge in [-0.05, 0) is 36.9 Å². The van der Waals surface area contributed by atoms with E-state index in [0.29, 0.717) is 12.5 Å². The van der Waals surface area contributed by atoms with E-state index < -0.39 is 0 Å². The molecule has 2 N–H and O–H groups in total. The molecular formula is C12H20N2S. The molecule has 1 aromatic rings. The maximum absolute atomic E-state index is 5.51. The number of aromatic nitrogens is 1. The van der Waals surface area contributed by atoms with Gasteiger partial charge in [0.15, 0.2) is 0 Å².